The van der Waals surface area contributed by atoms with Gasteiger partial charge in [-0.2, -0.15) is 0 Å². The topological polar surface area (TPSA) is 86.8 Å². The lowest BCUT2D eigenvalue weighted by atomic mass is 9.71. The highest BCUT2D eigenvalue weighted by Gasteiger charge is 2.35. The molecule has 7 nitrogen and oxygen atoms in total. The molecule has 0 radical (unpaired) electrons. The van der Waals surface area contributed by atoms with Gasteiger partial charge in [0.2, 0.25) is 21.8 Å². The largest absolute Gasteiger partial charge is 0.347 e. The molecule has 214 valence electrons. The van der Waals surface area contributed by atoms with Gasteiger partial charge >= 0.3 is 0 Å². The Balaban J connectivity index is 0. The number of carbonyl (C=O) groups is 2. The quantitative estimate of drug-likeness (QED) is 0.429. The summed E-state index contributed by atoms with van der Waals surface area (Å²) in [7, 11) is 0.994. The first-order valence-electron chi connectivity index (χ1n) is 13.2. The SMILES string of the molecule is CC(C)C.CCC.CC[C@H](C(=O)NCC(=O)N(C)C/C=C(\C)S(=O)(=O)N(C)C)C(C)(C)c1ccccc1. The summed E-state index contributed by atoms with van der Waals surface area (Å²) in [5, 5.41) is 2.75. The number of allylic oxidation sites excluding steroid dienone is 1. The molecular formula is C29H53N3O4S. The van der Waals surface area contributed by atoms with E-state index < -0.39 is 10.0 Å². The molecule has 0 aliphatic rings. The zero-order valence-corrected chi connectivity index (χ0v) is 26.2. The van der Waals surface area contributed by atoms with Crippen molar-refractivity contribution < 1.29 is 18.0 Å². The summed E-state index contributed by atoms with van der Waals surface area (Å²) in [5.41, 5.74) is 0.688. The first-order valence-corrected chi connectivity index (χ1v) is 14.6. The molecule has 1 aromatic carbocycles. The van der Waals surface area contributed by atoms with Crippen LogP contribution in [0.15, 0.2) is 41.3 Å². The molecule has 0 spiro atoms. The Kier molecular flexibility index (Phi) is 18.1. The molecule has 0 heterocycles. The smallest absolute Gasteiger partial charge is 0.241 e. The molecule has 2 amide bonds. The van der Waals surface area contributed by atoms with Crippen LogP contribution in [-0.4, -0.2) is 63.7 Å². The molecule has 0 saturated heterocycles. The third-order valence-electron chi connectivity index (χ3n) is 5.49. The van der Waals surface area contributed by atoms with Crippen molar-refractivity contribution in [1.82, 2.24) is 14.5 Å². The van der Waals surface area contributed by atoms with E-state index in [0.29, 0.717) is 6.42 Å². The second-order valence-electron chi connectivity index (χ2n) is 10.6. The number of hydrogen-bond acceptors (Lipinski definition) is 4. The van der Waals surface area contributed by atoms with Gasteiger partial charge in [0.1, 0.15) is 0 Å². The van der Waals surface area contributed by atoms with Crippen molar-refractivity contribution >= 4 is 21.8 Å². The number of likely N-dealkylation sites (N-methyl/N-ethyl adjacent to an activating group) is 1. The maximum absolute atomic E-state index is 12.8. The van der Waals surface area contributed by atoms with E-state index in [0.717, 1.165) is 15.8 Å². The summed E-state index contributed by atoms with van der Waals surface area (Å²) in [6.07, 6.45) is 3.38. The fourth-order valence-corrected chi connectivity index (χ4v) is 4.13. The number of nitrogens with zero attached hydrogens (tertiary/aromatic N) is 2. The van der Waals surface area contributed by atoms with E-state index in [4.69, 9.17) is 0 Å². The monoisotopic (exact) mass is 539 g/mol. The molecule has 0 aliphatic heterocycles. The summed E-state index contributed by atoms with van der Waals surface area (Å²) in [5.74, 6) is 0.0856. The highest BCUT2D eigenvalue weighted by Crippen LogP contribution is 2.33. The first-order chi connectivity index (χ1) is 17.0. The number of sulfonamides is 1. The van der Waals surface area contributed by atoms with Crippen LogP contribution in [0.3, 0.4) is 0 Å². The number of benzene rings is 1. The highest BCUT2D eigenvalue weighted by atomic mass is 32.2. The predicted molar refractivity (Wildman–Crippen MR) is 157 cm³/mol. The molecule has 1 N–H and O–H groups in total. The fraction of sp³-hybridized carbons (Fsp3) is 0.655. The van der Waals surface area contributed by atoms with Gasteiger partial charge in [-0.15, -0.1) is 0 Å². The van der Waals surface area contributed by atoms with Crippen molar-refractivity contribution in [1.29, 1.82) is 0 Å². The molecule has 37 heavy (non-hydrogen) atoms. The number of nitrogens with one attached hydrogen (secondary N) is 1. The molecule has 1 atom stereocenters. The molecule has 0 fully saturated rings. The minimum Gasteiger partial charge on any atom is -0.347 e. The van der Waals surface area contributed by atoms with Gasteiger partial charge < -0.3 is 10.2 Å². The van der Waals surface area contributed by atoms with Gasteiger partial charge in [-0.05, 0) is 30.9 Å². The van der Waals surface area contributed by atoms with Crippen LogP contribution in [0.5, 0.6) is 0 Å². The van der Waals surface area contributed by atoms with Gasteiger partial charge in [-0.25, -0.2) is 12.7 Å². The Hall–Kier alpha value is -2.19. The van der Waals surface area contributed by atoms with Gasteiger partial charge in [0.25, 0.3) is 0 Å². The molecular weight excluding hydrogens is 486 g/mol. The molecule has 8 heteroatoms. The minimum atomic E-state index is -3.49. The van der Waals surface area contributed by atoms with E-state index in [-0.39, 0.29) is 41.1 Å². The Labute approximate surface area is 227 Å². The summed E-state index contributed by atoms with van der Waals surface area (Å²) < 4.78 is 25.2. The standard InChI is InChI=1S/C22H35N3O4S.C4H10.C3H8/c1-8-19(22(3,4)18-12-10-9-11-13-18)21(27)23-16-20(26)25(7)15-14-17(2)30(28,29)24(5)6;1-4(2)3;1-3-2/h9-14,19H,8,15-16H2,1-7H3,(H,23,27);4H,1-3H3;3H2,1-2H3/b17-14+;;/t19-;;/m1../s1. The lowest BCUT2D eigenvalue weighted by Crippen LogP contribution is -2.45. The van der Waals surface area contributed by atoms with E-state index in [2.05, 4.69) is 39.9 Å². The first kappa shape index (κ1) is 37.0. The molecule has 0 saturated carbocycles. The summed E-state index contributed by atoms with van der Waals surface area (Å²) in [6, 6.07) is 9.85. The van der Waals surface area contributed by atoms with Gasteiger partial charge in [0, 0.05) is 39.0 Å². The Bertz CT molecular complexity index is 921. The highest BCUT2D eigenvalue weighted by molar-refractivity contribution is 7.92. The van der Waals surface area contributed by atoms with Crippen LogP contribution >= 0.6 is 0 Å². The van der Waals surface area contributed by atoms with Crippen LogP contribution in [0.2, 0.25) is 0 Å². The third kappa shape index (κ3) is 13.8. The molecule has 1 rings (SSSR count). The molecule has 0 bridgehead atoms. The van der Waals surface area contributed by atoms with Gasteiger partial charge in [-0.1, -0.05) is 92.1 Å². The summed E-state index contributed by atoms with van der Waals surface area (Å²) >= 11 is 0. The van der Waals surface area contributed by atoms with Crippen LogP contribution < -0.4 is 5.32 Å². The zero-order valence-electron chi connectivity index (χ0n) is 25.4. The van der Waals surface area contributed by atoms with Crippen molar-refractivity contribution in [3.05, 3.63) is 46.9 Å². The Morgan fingerprint density at radius 2 is 1.46 bits per heavy atom. The average molecular weight is 540 g/mol. The number of carbonyl (C=O) groups excluding carboxylic acids is 2. The molecule has 0 aromatic heterocycles. The van der Waals surface area contributed by atoms with Gasteiger partial charge in [-0.3, -0.25) is 9.59 Å². The van der Waals surface area contributed by atoms with E-state index in [1.807, 2.05) is 51.1 Å². The second kappa shape index (κ2) is 18.1. The van der Waals surface area contributed by atoms with Crippen molar-refractivity contribution in [2.75, 3.05) is 34.2 Å². The lowest BCUT2D eigenvalue weighted by molar-refractivity contribution is -0.133. The van der Waals surface area contributed by atoms with E-state index in [1.54, 1.807) is 7.05 Å². The van der Waals surface area contributed by atoms with Crippen molar-refractivity contribution in [3.63, 3.8) is 0 Å². The molecule has 1 aromatic rings. The predicted octanol–water partition coefficient (Wildman–Crippen LogP) is 5.44. The number of amides is 2. The number of rotatable bonds is 10. The molecule has 0 unspecified atom stereocenters. The van der Waals surface area contributed by atoms with Crippen LogP contribution in [0.4, 0.5) is 0 Å². The van der Waals surface area contributed by atoms with Crippen molar-refractivity contribution in [2.45, 2.75) is 80.6 Å². The van der Waals surface area contributed by atoms with Crippen molar-refractivity contribution in [3.8, 4) is 0 Å². The van der Waals surface area contributed by atoms with Gasteiger partial charge in [0.05, 0.1) is 11.4 Å². The number of hydrogen-bond donors (Lipinski definition) is 1. The average Bonchev–Trinajstić information content (AvgIpc) is 2.81. The van der Waals surface area contributed by atoms with Crippen molar-refractivity contribution in [2.24, 2.45) is 11.8 Å². The zero-order chi connectivity index (χ0) is 29.4. The van der Waals surface area contributed by atoms with Crippen LogP contribution in [0, 0.1) is 11.8 Å². The minimum absolute atomic E-state index is 0.135. The van der Waals surface area contributed by atoms with Crippen LogP contribution in [0.1, 0.15) is 80.7 Å². The lowest BCUT2D eigenvalue weighted by Gasteiger charge is -2.33. The third-order valence-corrected chi connectivity index (χ3v) is 7.44. The Morgan fingerprint density at radius 1 is 1.00 bits per heavy atom. The normalized spacial score (nSPS) is 12.6. The van der Waals surface area contributed by atoms with Crippen LogP contribution in [-0.2, 0) is 25.0 Å². The summed E-state index contributed by atoms with van der Waals surface area (Å²) in [6.45, 7) is 18.3. The van der Waals surface area contributed by atoms with Gasteiger partial charge in [0.15, 0.2) is 0 Å². The fourth-order valence-electron chi connectivity index (χ4n) is 3.27. The maximum Gasteiger partial charge on any atom is 0.241 e. The van der Waals surface area contributed by atoms with E-state index in [9.17, 15) is 18.0 Å². The Morgan fingerprint density at radius 3 is 1.86 bits per heavy atom. The molecule has 0 aliphatic carbocycles. The van der Waals surface area contributed by atoms with E-state index >= 15 is 0 Å². The maximum atomic E-state index is 12.8. The van der Waals surface area contributed by atoms with Crippen LogP contribution in [0.25, 0.3) is 0 Å². The van der Waals surface area contributed by atoms with E-state index in [1.165, 1.54) is 38.4 Å². The summed E-state index contributed by atoms with van der Waals surface area (Å²) in [4.78, 5) is 26.8. The second-order valence-corrected chi connectivity index (χ2v) is 12.9.